The highest BCUT2D eigenvalue weighted by Gasteiger charge is 2.58. The van der Waals surface area contributed by atoms with Gasteiger partial charge in [-0.05, 0) is 23.8 Å². The van der Waals surface area contributed by atoms with E-state index in [0.29, 0.717) is 18.2 Å². The summed E-state index contributed by atoms with van der Waals surface area (Å²) in [4.78, 5) is 10.6. The van der Waals surface area contributed by atoms with Gasteiger partial charge in [0.05, 0.1) is 0 Å². The lowest BCUT2D eigenvalue weighted by molar-refractivity contribution is -0.201. The number of carbonyl (C=O) groups is 1. The average molecular weight is 269 g/mol. The molecule has 3 N–H and O–H groups in total. The Kier molecular flexibility index (Phi) is 3.61. The molecule has 0 bridgehead atoms. The van der Waals surface area contributed by atoms with E-state index in [1.54, 1.807) is 0 Å². The van der Waals surface area contributed by atoms with Crippen LogP contribution in [-0.2, 0) is 11.2 Å². The Hall–Kier alpha value is -1.70. The number of alkyl halides is 3. The first-order chi connectivity index (χ1) is 8.08. The molecule has 0 radical (unpaired) electrons. The minimum Gasteiger partial charge on any atom is -0.480 e. The molecule has 8 heteroatoms. The zero-order chi connectivity index (χ0) is 14.1. The highest BCUT2D eigenvalue weighted by atomic mass is 19.4. The summed E-state index contributed by atoms with van der Waals surface area (Å²) in [5.74, 6) is -4.50. The number of hydrogen-bond donors (Lipinski definition) is 2. The third kappa shape index (κ3) is 2.58. The van der Waals surface area contributed by atoms with Crippen LogP contribution in [0, 0.1) is 11.6 Å². The van der Waals surface area contributed by atoms with Gasteiger partial charge in [-0.3, -0.25) is 0 Å². The molecule has 1 aromatic rings. The molecule has 0 amide bonds. The average Bonchev–Trinajstić information content (AvgIpc) is 2.21. The summed E-state index contributed by atoms with van der Waals surface area (Å²) in [7, 11) is 0. The summed E-state index contributed by atoms with van der Waals surface area (Å²) in [6, 6.07) is 1.78. The van der Waals surface area contributed by atoms with E-state index in [4.69, 9.17) is 10.8 Å². The molecule has 0 aliphatic heterocycles. The largest absolute Gasteiger partial charge is 0.480 e. The number of hydrogen-bond acceptors (Lipinski definition) is 2. The van der Waals surface area contributed by atoms with E-state index in [0.717, 1.165) is 0 Å². The molecule has 0 saturated heterocycles. The van der Waals surface area contributed by atoms with E-state index in [1.165, 1.54) is 0 Å². The molecule has 0 fully saturated rings. The Morgan fingerprint density at radius 1 is 1.28 bits per heavy atom. The van der Waals surface area contributed by atoms with Crippen molar-refractivity contribution < 1.29 is 31.9 Å². The summed E-state index contributed by atoms with van der Waals surface area (Å²) in [5.41, 5.74) is 0.338. The van der Waals surface area contributed by atoms with Crippen LogP contribution in [0.3, 0.4) is 0 Å². The van der Waals surface area contributed by atoms with E-state index >= 15 is 0 Å². The highest BCUT2D eigenvalue weighted by molar-refractivity contribution is 5.80. The van der Waals surface area contributed by atoms with Crippen molar-refractivity contribution in [1.82, 2.24) is 0 Å². The van der Waals surface area contributed by atoms with Gasteiger partial charge in [-0.1, -0.05) is 0 Å². The van der Waals surface area contributed by atoms with Crippen molar-refractivity contribution in [3.63, 3.8) is 0 Å². The van der Waals surface area contributed by atoms with E-state index in [9.17, 15) is 26.7 Å². The van der Waals surface area contributed by atoms with Crippen molar-refractivity contribution in [3.05, 3.63) is 35.4 Å². The monoisotopic (exact) mass is 269 g/mol. The quantitative estimate of drug-likeness (QED) is 0.823. The maximum absolute atomic E-state index is 13.2. The van der Waals surface area contributed by atoms with Crippen molar-refractivity contribution in [1.29, 1.82) is 0 Å². The molecule has 3 nitrogen and oxygen atoms in total. The second-order valence-electron chi connectivity index (χ2n) is 3.69. The third-order valence-electron chi connectivity index (χ3n) is 2.36. The minimum atomic E-state index is -5.29. The predicted molar refractivity (Wildman–Crippen MR) is 50.7 cm³/mol. The normalized spacial score (nSPS) is 15.2. The van der Waals surface area contributed by atoms with E-state index in [2.05, 4.69) is 0 Å². The molecule has 100 valence electrons. The first-order valence-electron chi connectivity index (χ1n) is 4.61. The maximum Gasteiger partial charge on any atom is 0.417 e. The fourth-order valence-corrected chi connectivity index (χ4v) is 1.28. The molecular weight excluding hydrogens is 261 g/mol. The Bertz CT molecular complexity index is 474. The first-order valence-corrected chi connectivity index (χ1v) is 4.61. The second kappa shape index (κ2) is 4.52. The molecule has 1 rings (SSSR count). The standard InChI is InChI=1S/C10H8F5NO2/c11-6-1-2-7(12)5(3-6)4-9(16,8(17)18)10(13,14)15/h1-3H,4,16H2,(H,17,18). The van der Waals surface area contributed by atoms with Crippen LogP contribution in [0.15, 0.2) is 18.2 Å². The summed E-state index contributed by atoms with van der Waals surface area (Å²) >= 11 is 0. The number of rotatable bonds is 3. The lowest BCUT2D eigenvalue weighted by atomic mass is 9.91. The molecule has 1 aromatic carbocycles. The van der Waals surface area contributed by atoms with Gasteiger partial charge in [0.15, 0.2) is 0 Å². The molecule has 0 saturated carbocycles. The van der Waals surface area contributed by atoms with Gasteiger partial charge >= 0.3 is 12.1 Å². The lowest BCUT2D eigenvalue weighted by Gasteiger charge is -2.27. The van der Waals surface area contributed by atoms with Gasteiger partial charge in [0.25, 0.3) is 0 Å². The maximum atomic E-state index is 13.2. The van der Waals surface area contributed by atoms with Crippen LogP contribution in [0.4, 0.5) is 22.0 Å². The number of carboxylic acids is 1. The fraction of sp³-hybridized carbons (Fsp3) is 0.300. The SMILES string of the molecule is NC(Cc1cc(F)ccc1F)(C(=O)O)C(F)(F)F. The summed E-state index contributed by atoms with van der Waals surface area (Å²) in [5, 5.41) is 8.53. The van der Waals surface area contributed by atoms with E-state index < -0.39 is 41.3 Å². The lowest BCUT2D eigenvalue weighted by Crippen LogP contribution is -2.61. The van der Waals surface area contributed by atoms with Gasteiger partial charge in [-0.15, -0.1) is 0 Å². The van der Waals surface area contributed by atoms with Crippen molar-refractivity contribution in [2.75, 3.05) is 0 Å². The summed E-state index contributed by atoms with van der Waals surface area (Å²) < 4.78 is 63.6. The molecule has 0 spiro atoms. The highest BCUT2D eigenvalue weighted by Crippen LogP contribution is 2.32. The van der Waals surface area contributed by atoms with Crippen LogP contribution >= 0.6 is 0 Å². The van der Waals surface area contributed by atoms with Crippen molar-refractivity contribution in [2.24, 2.45) is 5.73 Å². The minimum absolute atomic E-state index is 0.478. The first kappa shape index (κ1) is 14.4. The predicted octanol–water partition coefficient (Wildman–Crippen LogP) is 1.85. The van der Waals surface area contributed by atoms with Gasteiger partial charge in [-0.2, -0.15) is 13.2 Å². The van der Waals surface area contributed by atoms with Crippen molar-refractivity contribution >= 4 is 5.97 Å². The molecule has 0 heterocycles. The van der Waals surface area contributed by atoms with E-state index in [-0.39, 0.29) is 0 Å². The zero-order valence-electron chi connectivity index (χ0n) is 8.76. The zero-order valence-corrected chi connectivity index (χ0v) is 8.76. The second-order valence-corrected chi connectivity index (χ2v) is 3.69. The van der Waals surface area contributed by atoms with Crippen LogP contribution in [0.1, 0.15) is 5.56 Å². The Labute approximate surface area is 98.0 Å². The van der Waals surface area contributed by atoms with Crippen LogP contribution in [-0.4, -0.2) is 22.8 Å². The number of benzene rings is 1. The number of carboxylic acid groups (broad SMARTS) is 1. The molecule has 0 aliphatic rings. The summed E-state index contributed by atoms with van der Waals surface area (Å²) in [6.07, 6.45) is -6.69. The van der Waals surface area contributed by atoms with Gasteiger partial charge in [-0.25, -0.2) is 13.6 Å². The van der Waals surface area contributed by atoms with Crippen LogP contribution in [0.25, 0.3) is 0 Å². The number of aliphatic carboxylic acids is 1. The Morgan fingerprint density at radius 2 is 1.83 bits per heavy atom. The third-order valence-corrected chi connectivity index (χ3v) is 2.36. The molecule has 1 atom stereocenters. The van der Waals surface area contributed by atoms with Gasteiger partial charge < -0.3 is 10.8 Å². The van der Waals surface area contributed by atoms with Gasteiger partial charge in [0.1, 0.15) is 11.6 Å². The topological polar surface area (TPSA) is 63.3 Å². The molecule has 1 unspecified atom stereocenters. The molecule has 18 heavy (non-hydrogen) atoms. The van der Waals surface area contributed by atoms with Crippen LogP contribution in [0.2, 0.25) is 0 Å². The van der Waals surface area contributed by atoms with E-state index in [1.807, 2.05) is 0 Å². The van der Waals surface area contributed by atoms with Crippen molar-refractivity contribution in [2.45, 2.75) is 18.1 Å². The molecule has 0 aromatic heterocycles. The Morgan fingerprint density at radius 3 is 2.28 bits per heavy atom. The summed E-state index contributed by atoms with van der Waals surface area (Å²) in [6.45, 7) is 0. The van der Waals surface area contributed by atoms with Gasteiger partial charge in [0.2, 0.25) is 5.54 Å². The van der Waals surface area contributed by atoms with Crippen LogP contribution in [0.5, 0.6) is 0 Å². The van der Waals surface area contributed by atoms with Crippen LogP contribution < -0.4 is 5.73 Å². The van der Waals surface area contributed by atoms with Gasteiger partial charge in [0, 0.05) is 6.42 Å². The molecule has 0 aliphatic carbocycles. The smallest absolute Gasteiger partial charge is 0.417 e. The number of halogens is 5. The van der Waals surface area contributed by atoms with Crippen molar-refractivity contribution in [3.8, 4) is 0 Å². The Balaban J connectivity index is 3.20. The molecular formula is C10H8F5NO2. The fourth-order valence-electron chi connectivity index (χ4n) is 1.28. The number of nitrogens with two attached hydrogens (primary N) is 1.